The molecule has 0 aliphatic rings. The lowest BCUT2D eigenvalue weighted by atomic mass is 10.0. The minimum Gasteiger partial charge on any atom is -0.387 e. The number of rotatable bonds is 4. The maximum atomic E-state index is 13.0. The molecule has 1 heterocycles. The van der Waals surface area contributed by atoms with E-state index in [1.807, 2.05) is 20.8 Å². The van der Waals surface area contributed by atoms with E-state index < -0.39 is 12.5 Å². The number of fused-ring (bicyclic) bond motifs is 1. The molecule has 1 aromatic heterocycles. The van der Waals surface area contributed by atoms with Crippen LogP contribution >= 0.6 is 0 Å². The van der Waals surface area contributed by atoms with Crippen molar-refractivity contribution in [1.82, 2.24) is 15.5 Å². The van der Waals surface area contributed by atoms with Gasteiger partial charge in [-0.25, -0.2) is 8.78 Å². The first kappa shape index (κ1) is 14.9. The van der Waals surface area contributed by atoms with Gasteiger partial charge in [-0.05, 0) is 32.4 Å². The molecular weight excluding hydrogens is 264 g/mol. The summed E-state index contributed by atoms with van der Waals surface area (Å²) in [7, 11) is 0. The number of alkyl halides is 2. The van der Waals surface area contributed by atoms with Gasteiger partial charge in [0.25, 0.3) is 6.43 Å². The third kappa shape index (κ3) is 3.13. The van der Waals surface area contributed by atoms with Crippen LogP contribution in [0.3, 0.4) is 0 Å². The predicted molar refractivity (Wildman–Crippen MR) is 73.8 cm³/mol. The van der Waals surface area contributed by atoms with E-state index in [0.29, 0.717) is 16.5 Å². The number of halogens is 2. The van der Waals surface area contributed by atoms with Gasteiger partial charge in [0.15, 0.2) is 0 Å². The number of hydrogen-bond donors (Lipinski definition) is 3. The molecule has 2 rings (SSSR count). The normalized spacial score (nSPS) is 14.2. The lowest BCUT2D eigenvalue weighted by molar-refractivity contribution is 0.146. The van der Waals surface area contributed by atoms with Crippen molar-refractivity contribution in [3.05, 3.63) is 29.5 Å². The zero-order chi connectivity index (χ0) is 14.9. The van der Waals surface area contributed by atoms with Crippen molar-refractivity contribution >= 4 is 10.9 Å². The highest BCUT2D eigenvalue weighted by Gasteiger charge is 2.22. The van der Waals surface area contributed by atoms with Crippen LogP contribution in [0.1, 0.15) is 44.6 Å². The minimum atomic E-state index is -2.67. The summed E-state index contributed by atoms with van der Waals surface area (Å²) >= 11 is 0. The minimum absolute atomic E-state index is 0.156. The van der Waals surface area contributed by atoms with Crippen LogP contribution in [0.5, 0.6) is 0 Å². The molecule has 110 valence electrons. The average Bonchev–Trinajstić information content (AvgIpc) is 2.78. The van der Waals surface area contributed by atoms with Crippen LogP contribution in [0, 0.1) is 0 Å². The smallest absolute Gasteiger partial charge is 0.282 e. The zero-order valence-corrected chi connectivity index (χ0v) is 11.7. The van der Waals surface area contributed by atoms with Crippen molar-refractivity contribution in [3.63, 3.8) is 0 Å². The largest absolute Gasteiger partial charge is 0.387 e. The molecule has 0 aliphatic heterocycles. The fraction of sp³-hybridized carbons (Fsp3) is 0.500. The van der Waals surface area contributed by atoms with E-state index in [2.05, 4.69) is 15.5 Å². The van der Waals surface area contributed by atoms with Crippen molar-refractivity contribution in [1.29, 1.82) is 0 Å². The predicted octanol–water partition coefficient (Wildman–Crippen LogP) is 2.92. The average molecular weight is 283 g/mol. The lowest BCUT2D eigenvalue weighted by Gasteiger charge is -2.23. The molecule has 0 saturated heterocycles. The Bertz CT molecular complexity index is 590. The molecule has 0 amide bonds. The second-order valence-electron chi connectivity index (χ2n) is 5.83. The number of hydrogen-bond acceptors (Lipinski definition) is 3. The van der Waals surface area contributed by atoms with Crippen LogP contribution in [-0.2, 0) is 0 Å². The standard InChI is InChI=1S/C14H19F2N3O/c1-14(2,3)17-7-10(20)8-5-4-6-9-11(8)12(13(15)16)19-18-9/h4-6,10,13,17,20H,7H2,1-3H3,(H,18,19)/t10-/m0/s1. The fourth-order valence-electron chi connectivity index (χ4n) is 2.07. The molecule has 1 aromatic carbocycles. The Morgan fingerprint density at radius 3 is 2.65 bits per heavy atom. The van der Waals surface area contributed by atoms with Crippen LogP contribution in [0.4, 0.5) is 8.78 Å². The van der Waals surface area contributed by atoms with E-state index in [1.165, 1.54) is 0 Å². The van der Waals surface area contributed by atoms with Gasteiger partial charge < -0.3 is 10.4 Å². The number of β-amino-alcohol motifs (C(OH)–C–C–N with tert-alkyl or cyclic N) is 1. The summed E-state index contributed by atoms with van der Waals surface area (Å²) < 4.78 is 25.9. The van der Waals surface area contributed by atoms with Gasteiger partial charge in [0.05, 0.1) is 11.6 Å². The zero-order valence-electron chi connectivity index (χ0n) is 11.7. The van der Waals surface area contributed by atoms with Crippen molar-refractivity contribution in [2.24, 2.45) is 0 Å². The Morgan fingerprint density at radius 2 is 2.05 bits per heavy atom. The Labute approximate surface area is 116 Å². The van der Waals surface area contributed by atoms with Gasteiger partial charge in [-0.15, -0.1) is 0 Å². The van der Waals surface area contributed by atoms with Crippen LogP contribution in [0.25, 0.3) is 10.9 Å². The number of nitrogens with zero attached hydrogens (tertiary/aromatic N) is 1. The highest BCUT2D eigenvalue weighted by molar-refractivity contribution is 5.85. The maximum Gasteiger partial charge on any atom is 0.282 e. The molecule has 2 aromatic rings. The summed E-state index contributed by atoms with van der Waals surface area (Å²) in [5.41, 5.74) is 0.498. The molecule has 0 bridgehead atoms. The number of aromatic amines is 1. The second kappa shape index (κ2) is 5.46. The monoisotopic (exact) mass is 283 g/mol. The molecule has 0 radical (unpaired) electrons. The number of benzene rings is 1. The fourth-order valence-corrected chi connectivity index (χ4v) is 2.07. The van der Waals surface area contributed by atoms with Gasteiger partial charge in [-0.2, -0.15) is 5.10 Å². The SMILES string of the molecule is CC(C)(C)NC[C@H](O)c1cccc2[nH]nc(C(F)F)c12. The maximum absolute atomic E-state index is 13.0. The first-order chi connectivity index (χ1) is 9.29. The number of H-pyrrole nitrogens is 1. The van der Waals surface area contributed by atoms with Crippen LogP contribution in [0.15, 0.2) is 18.2 Å². The van der Waals surface area contributed by atoms with Crippen molar-refractivity contribution in [2.75, 3.05) is 6.54 Å². The molecule has 0 aliphatic carbocycles. The quantitative estimate of drug-likeness (QED) is 0.808. The molecule has 0 fully saturated rings. The molecular formula is C14H19F2N3O. The lowest BCUT2D eigenvalue weighted by Crippen LogP contribution is -2.38. The first-order valence-corrected chi connectivity index (χ1v) is 6.48. The highest BCUT2D eigenvalue weighted by atomic mass is 19.3. The van der Waals surface area contributed by atoms with Crippen molar-refractivity contribution in [2.45, 2.75) is 38.8 Å². The molecule has 4 nitrogen and oxygen atoms in total. The van der Waals surface area contributed by atoms with Gasteiger partial charge in [0.1, 0.15) is 5.69 Å². The van der Waals surface area contributed by atoms with Crippen LogP contribution < -0.4 is 5.32 Å². The van der Waals surface area contributed by atoms with Gasteiger partial charge in [-0.1, -0.05) is 12.1 Å². The summed E-state index contributed by atoms with van der Waals surface area (Å²) in [6, 6.07) is 5.03. The van der Waals surface area contributed by atoms with Crippen LogP contribution in [0.2, 0.25) is 0 Å². The molecule has 3 N–H and O–H groups in total. The summed E-state index contributed by atoms with van der Waals surface area (Å²) in [6.45, 7) is 6.21. The summed E-state index contributed by atoms with van der Waals surface area (Å²) in [4.78, 5) is 0. The number of aliphatic hydroxyl groups is 1. The van der Waals surface area contributed by atoms with Gasteiger partial charge in [0, 0.05) is 17.5 Å². The number of aliphatic hydroxyl groups excluding tert-OH is 1. The van der Waals surface area contributed by atoms with E-state index in [-0.39, 0.29) is 17.8 Å². The van der Waals surface area contributed by atoms with E-state index in [1.54, 1.807) is 18.2 Å². The molecule has 20 heavy (non-hydrogen) atoms. The first-order valence-electron chi connectivity index (χ1n) is 6.48. The molecule has 0 unspecified atom stereocenters. The van der Waals surface area contributed by atoms with Gasteiger partial charge in [0.2, 0.25) is 0 Å². The van der Waals surface area contributed by atoms with Crippen molar-refractivity contribution < 1.29 is 13.9 Å². The summed E-state index contributed by atoms with van der Waals surface area (Å²) in [6.07, 6.45) is -3.54. The van der Waals surface area contributed by atoms with Gasteiger partial charge in [-0.3, -0.25) is 5.10 Å². The molecule has 6 heteroatoms. The van der Waals surface area contributed by atoms with E-state index >= 15 is 0 Å². The Morgan fingerprint density at radius 1 is 1.35 bits per heavy atom. The molecule has 0 spiro atoms. The van der Waals surface area contributed by atoms with E-state index in [9.17, 15) is 13.9 Å². The van der Waals surface area contributed by atoms with Crippen molar-refractivity contribution in [3.8, 4) is 0 Å². The van der Waals surface area contributed by atoms with E-state index in [4.69, 9.17) is 0 Å². The number of nitrogens with one attached hydrogen (secondary N) is 2. The summed E-state index contributed by atoms with van der Waals surface area (Å²) in [5.74, 6) is 0. The Hall–Kier alpha value is -1.53. The topological polar surface area (TPSA) is 60.9 Å². The molecule has 0 saturated carbocycles. The second-order valence-corrected chi connectivity index (χ2v) is 5.83. The molecule has 1 atom stereocenters. The summed E-state index contributed by atoms with van der Waals surface area (Å²) in [5, 5.41) is 19.9. The van der Waals surface area contributed by atoms with Gasteiger partial charge >= 0.3 is 0 Å². The number of aromatic nitrogens is 2. The Kier molecular flexibility index (Phi) is 4.06. The third-order valence-corrected chi connectivity index (χ3v) is 3.04. The Balaban J connectivity index is 2.35. The van der Waals surface area contributed by atoms with E-state index in [0.717, 1.165) is 0 Å². The highest BCUT2D eigenvalue weighted by Crippen LogP contribution is 2.31. The third-order valence-electron chi connectivity index (χ3n) is 3.04. The van der Waals surface area contributed by atoms with Crippen LogP contribution in [-0.4, -0.2) is 27.4 Å².